The first-order chi connectivity index (χ1) is 25.9. The smallest absolute Gasteiger partial charge is 0.466 e. The molecule has 2 aliphatic heterocycles. The standard InChI is InChI=1S/C46H33BN4OS.Pt/c1-46(2,3)31-27-40-44-41(28-31)51(33-16-8-5-9-17-33)39-24-22-34(52-43-20-12-13-25-48-43)29-36(39)47(44)35-26-30(45-49-37-18-10-11-19-42(37)53-45)21-23-38(35)50(40)32-14-6-4-7-15-32;/h4-25,27-28H,1-3H3;/q-2;+2. The molecular weight excluding hydrogens is 862 g/mol. The van der Waals surface area contributed by atoms with E-state index >= 15 is 0 Å². The number of thiazole rings is 1. The number of pyridine rings is 1. The van der Waals surface area contributed by atoms with Crippen molar-refractivity contribution < 1.29 is 25.8 Å². The summed E-state index contributed by atoms with van der Waals surface area (Å²) in [4.78, 5) is 14.3. The Balaban J connectivity index is 0.00000384. The molecule has 0 unspecified atom stereocenters. The van der Waals surface area contributed by atoms with Gasteiger partial charge in [0.05, 0.1) is 5.52 Å². The molecule has 0 aliphatic carbocycles. The summed E-state index contributed by atoms with van der Waals surface area (Å²) in [6, 6.07) is 56.5. The second-order valence-electron chi connectivity index (χ2n) is 14.5. The number of anilines is 6. The van der Waals surface area contributed by atoms with Crippen LogP contribution < -0.4 is 30.9 Å². The van der Waals surface area contributed by atoms with Crippen molar-refractivity contribution in [2.45, 2.75) is 26.2 Å². The number of hydrogen-bond acceptors (Lipinski definition) is 6. The maximum Gasteiger partial charge on any atom is 2.00 e. The minimum atomic E-state index is -0.194. The Bertz CT molecular complexity index is 2610. The van der Waals surface area contributed by atoms with E-state index in [1.165, 1.54) is 11.0 Å². The van der Waals surface area contributed by atoms with Crippen molar-refractivity contribution >= 4 is 78.8 Å². The van der Waals surface area contributed by atoms with E-state index in [1.54, 1.807) is 17.5 Å². The number of aromatic nitrogens is 2. The Morgan fingerprint density at radius 2 is 1.26 bits per heavy atom. The van der Waals surface area contributed by atoms with E-state index in [0.29, 0.717) is 11.6 Å². The fraction of sp³-hybridized carbons (Fsp3) is 0.0870. The van der Waals surface area contributed by atoms with Crippen molar-refractivity contribution in [2.24, 2.45) is 0 Å². The average molecular weight is 896 g/mol. The molecule has 0 saturated carbocycles. The topological polar surface area (TPSA) is 41.5 Å². The van der Waals surface area contributed by atoms with Crippen LogP contribution >= 0.6 is 11.3 Å². The number of para-hydroxylation sites is 3. The molecule has 10 rings (SSSR count). The van der Waals surface area contributed by atoms with Crippen LogP contribution in [0.4, 0.5) is 34.1 Å². The third-order valence-electron chi connectivity index (χ3n) is 10.1. The summed E-state index contributed by atoms with van der Waals surface area (Å²) < 4.78 is 7.53. The van der Waals surface area contributed by atoms with Gasteiger partial charge in [-0.2, -0.15) is 16.8 Å². The maximum atomic E-state index is 6.37. The molecule has 0 radical (unpaired) electrons. The average Bonchev–Trinajstić information content (AvgIpc) is 3.63. The van der Waals surface area contributed by atoms with Crippen LogP contribution in [0.2, 0.25) is 0 Å². The molecular formula is C46H33BN4OPtS. The van der Waals surface area contributed by atoms with Crippen molar-refractivity contribution in [2.75, 3.05) is 9.80 Å². The Hall–Kier alpha value is -5.49. The fourth-order valence-electron chi connectivity index (χ4n) is 7.63. The summed E-state index contributed by atoms with van der Waals surface area (Å²) in [5.74, 6) is 1.14. The third kappa shape index (κ3) is 5.74. The zero-order valence-electron chi connectivity index (χ0n) is 29.9. The zero-order chi connectivity index (χ0) is 35.7. The maximum absolute atomic E-state index is 6.37. The molecule has 2 aromatic heterocycles. The molecule has 0 N–H and O–H groups in total. The summed E-state index contributed by atoms with van der Waals surface area (Å²) in [5, 5.41) is 0.951. The second kappa shape index (κ2) is 13.4. The molecule has 0 saturated heterocycles. The van der Waals surface area contributed by atoms with Crippen LogP contribution in [0.15, 0.2) is 146 Å². The van der Waals surface area contributed by atoms with Crippen LogP contribution in [-0.2, 0) is 26.5 Å². The van der Waals surface area contributed by atoms with Gasteiger partial charge in [0, 0.05) is 50.5 Å². The summed E-state index contributed by atoms with van der Waals surface area (Å²) in [6.45, 7) is 6.68. The van der Waals surface area contributed by atoms with Gasteiger partial charge in [-0.05, 0) is 76.7 Å². The second-order valence-corrected chi connectivity index (χ2v) is 15.5. The third-order valence-corrected chi connectivity index (χ3v) is 11.2. The molecule has 8 aromatic rings. The molecule has 0 atom stereocenters. The van der Waals surface area contributed by atoms with Gasteiger partial charge in [-0.25, -0.2) is 4.98 Å². The van der Waals surface area contributed by atoms with Crippen molar-refractivity contribution in [3.8, 4) is 22.2 Å². The van der Waals surface area contributed by atoms with E-state index in [4.69, 9.17) is 9.72 Å². The van der Waals surface area contributed by atoms with Crippen LogP contribution in [0.25, 0.3) is 20.8 Å². The van der Waals surface area contributed by atoms with E-state index in [0.717, 1.165) is 65.8 Å². The molecule has 0 spiro atoms. The Morgan fingerprint density at radius 3 is 1.89 bits per heavy atom. The molecule has 8 heteroatoms. The summed E-state index contributed by atoms with van der Waals surface area (Å²) in [7, 11) is 0. The number of nitrogens with zero attached hydrogens (tertiary/aromatic N) is 4. The van der Waals surface area contributed by atoms with E-state index in [-0.39, 0.29) is 33.2 Å². The molecule has 2 aliphatic rings. The van der Waals surface area contributed by atoms with Crippen LogP contribution in [0.5, 0.6) is 11.6 Å². The van der Waals surface area contributed by atoms with Gasteiger partial charge < -0.3 is 14.5 Å². The van der Waals surface area contributed by atoms with Gasteiger partial charge in [0.2, 0.25) is 12.6 Å². The SMILES string of the molecule is CC(C)(C)c1cc2c3c(c1)N(c1ccccc1)c1ccc(-c4nc5ccccc5s4)[c-]c1B3c1[c-]c(Oc3ccccn3)ccc1N2c1ccccc1.[Pt+2]. The normalized spacial score (nSPS) is 12.8. The van der Waals surface area contributed by atoms with Gasteiger partial charge >= 0.3 is 21.1 Å². The minimum Gasteiger partial charge on any atom is -0.466 e. The van der Waals surface area contributed by atoms with Gasteiger partial charge in [0.1, 0.15) is 0 Å². The van der Waals surface area contributed by atoms with Crippen LogP contribution in [0.3, 0.4) is 0 Å². The molecule has 4 heterocycles. The van der Waals surface area contributed by atoms with Gasteiger partial charge in [-0.1, -0.05) is 81.1 Å². The Labute approximate surface area is 334 Å². The van der Waals surface area contributed by atoms with Crippen LogP contribution in [0.1, 0.15) is 26.3 Å². The van der Waals surface area contributed by atoms with E-state index < -0.39 is 0 Å². The Kier molecular flexibility index (Phi) is 8.52. The molecule has 0 bridgehead atoms. The summed E-state index contributed by atoms with van der Waals surface area (Å²) >= 11 is 1.70. The number of benzene rings is 6. The largest absolute Gasteiger partial charge is 2.00 e. The molecule has 0 fully saturated rings. The first-order valence-corrected chi connectivity index (χ1v) is 18.7. The molecule has 0 amide bonds. The predicted octanol–water partition coefficient (Wildman–Crippen LogP) is 10.1. The quantitative estimate of drug-likeness (QED) is 0.127. The molecule has 262 valence electrons. The van der Waals surface area contributed by atoms with Gasteiger partial charge in [-0.15, -0.1) is 47.4 Å². The number of hydrogen-bond donors (Lipinski definition) is 0. The summed E-state index contributed by atoms with van der Waals surface area (Å²) in [6.07, 6.45) is 1.74. The van der Waals surface area contributed by atoms with E-state index in [2.05, 4.69) is 157 Å². The van der Waals surface area contributed by atoms with Gasteiger partial charge in [0.15, 0.2) is 0 Å². The predicted molar refractivity (Wildman–Crippen MR) is 220 cm³/mol. The van der Waals surface area contributed by atoms with Crippen molar-refractivity contribution in [1.29, 1.82) is 0 Å². The number of fused-ring (bicyclic) bond motifs is 5. The van der Waals surface area contributed by atoms with Crippen molar-refractivity contribution in [3.05, 3.63) is 163 Å². The van der Waals surface area contributed by atoms with Gasteiger partial charge in [0.25, 0.3) is 0 Å². The fourth-order valence-corrected chi connectivity index (χ4v) is 8.58. The molecule has 5 nitrogen and oxygen atoms in total. The van der Waals surface area contributed by atoms with Crippen LogP contribution in [0, 0.1) is 12.1 Å². The van der Waals surface area contributed by atoms with E-state index in [9.17, 15) is 0 Å². The Morgan fingerprint density at radius 1 is 0.648 bits per heavy atom. The van der Waals surface area contributed by atoms with Crippen molar-refractivity contribution in [1.82, 2.24) is 9.97 Å². The van der Waals surface area contributed by atoms with Crippen LogP contribution in [-0.4, -0.2) is 16.7 Å². The minimum absolute atomic E-state index is 0. The molecule has 54 heavy (non-hydrogen) atoms. The van der Waals surface area contributed by atoms with Gasteiger partial charge in [-0.3, -0.25) is 4.98 Å². The zero-order valence-corrected chi connectivity index (χ0v) is 32.9. The van der Waals surface area contributed by atoms with Crippen molar-refractivity contribution in [3.63, 3.8) is 0 Å². The molecule has 6 aromatic carbocycles. The summed E-state index contributed by atoms with van der Waals surface area (Å²) in [5.41, 5.74) is 13.0. The first-order valence-electron chi connectivity index (χ1n) is 17.9. The van der Waals surface area contributed by atoms with E-state index in [1.807, 2.05) is 30.3 Å². The first kappa shape index (κ1) is 34.3. The monoisotopic (exact) mass is 895 g/mol. The number of rotatable bonds is 5. The number of ether oxygens (including phenoxy) is 1.